The molecule has 1 fully saturated rings. The number of aromatic nitrogens is 1. The lowest BCUT2D eigenvalue weighted by Gasteiger charge is -2.27. The number of primary amides is 1. The topological polar surface area (TPSA) is 142 Å². The van der Waals surface area contributed by atoms with E-state index in [2.05, 4.69) is 10.4 Å². The summed E-state index contributed by atoms with van der Waals surface area (Å²) in [5.41, 5.74) is 8.53. The van der Waals surface area contributed by atoms with Crippen molar-refractivity contribution in [2.75, 3.05) is 38.3 Å². The third-order valence-corrected chi connectivity index (χ3v) is 5.52. The smallest absolute Gasteiger partial charge is 0.267 e. The van der Waals surface area contributed by atoms with Gasteiger partial charge in [0.05, 0.1) is 19.8 Å². The Labute approximate surface area is 211 Å². The Morgan fingerprint density at radius 2 is 2.03 bits per heavy atom. The molecule has 0 spiro atoms. The highest BCUT2D eigenvalue weighted by Gasteiger charge is 2.38. The lowest BCUT2D eigenvalue weighted by Crippen LogP contribution is -2.43. The molecule has 0 aliphatic carbocycles. The number of methoxy groups -OCH3 is 1. The number of hydrogen-bond acceptors (Lipinski definition) is 8. The molecule has 0 radical (unpaired) electrons. The van der Waals surface area contributed by atoms with Crippen molar-refractivity contribution < 1.29 is 28.2 Å². The van der Waals surface area contributed by atoms with Crippen LogP contribution < -0.4 is 26.6 Å². The maximum atomic E-state index is 13.1. The van der Waals surface area contributed by atoms with E-state index in [1.165, 1.54) is 31.5 Å². The van der Waals surface area contributed by atoms with E-state index in [-0.39, 0.29) is 29.4 Å². The number of rotatable bonds is 11. The third kappa shape index (κ3) is 9.15. The molecule has 2 aromatic rings. The van der Waals surface area contributed by atoms with Crippen molar-refractivity contribution in [2.45, 2.75) is 38.9 Å². The van der Waals surface area contributed by atoms with Gasteiger partial charge in [0.1, 0.15) is 23.4 Å². The Kier molecular flexibility index (Phi) is 12.2. The summed E-state index contributed by atoms with van der Waals surface area (Å²) in [6.45, 7) is 5.82. The Bertz CT molecular complexity index is 979. The van der Waals surface area contributed by atoms with Crippen LogP contribution in [0.1, 0.15) is 37.2 Å². The molecule has 2 heterocycles. The third-order valence-electron chi connectivity index (χ3n) is 5.52. The maximum absolute atomic E-state index is 13.1. The molecule has 3 rings (SSSR count). The average molecular weight is 506 g/mol. The van der Waals surface area contributed by atoms with Crippen molar-refractivity contribution in [3.8, 4) is 5.75 Å². The van der Waals surface area contributed by atoms with E-state index >= 15 is 0 Å². The van der Waals surface area contributed by atoms with E-state index in [9.17, 15) is 14.0 Å². The summed E-state index contributed by atoms with van der Waals surface area (Å²) >= 11 is 0. The highest BCUT2D eigenvalue weighted by atomic mass is 19.1. The number of hydrogen-bond donors (Lipinski definition) is 3. The maximum Gasteiger partial charge on any atom is 0.267 e. The van der Waals surface area contributed by atoms with E-state index < -0.39 is 12.0 Å². The molecule has 11 heteroatoms. The van der Waals surface area contributed by atoms with Gasteiger partial charge in [-0.3, -0.25) is 25.8 Å². The monoisotopic (exact) mass is 505 g/mol. The van der Waals surface area contributed by atoms with Crippen molar-refractivity contribution in [3.05, 3.63) is 54.1 Å². The van der Waals surface area contributed by atoms with Crippen LogP contribution in [0.2, 0.25) is 0 Å². The number of anilines is 1. The van der Waals surface area contributed by atoms with Crippen molar-refractivity contribution in [2.24, 2.45) is 17.5 Å². The molecule has 2 amide bonds. The van der Waals surface area contributed by atoms with Crippen LogP contribution >= 0.6 is 0 Å². The van der Waals surface area contributed by atoms with Crippen LogP contribution in [-0.2, 0) is 14.3 Å². The Morgan fingerprint density at radius 3 is 2.61 bits per heavy atom. The normalized spacial score (nSPS) is 18.8. The van der Waals surface area contributed by atoms with E-state index in [0.29, 0.717) is 37.7 Å². The number of hydrazine groups is 1. The summed E-state index contributed by atoms with van der Waals surface area (Å²) in [6.07, 6.45) is 2.58. The van der Waals surface area contributed by atoms with Crippen LogP contribution in [0.5, 0.6) is 5.75 Å². The van der Waals surface area contributed by atoms with Gasteiger partial charge in [-0.05, 0) is 49.9 Å². The van der Waals surface area contributed by atoms with Crippen LogP contribution in [0.15, 0.2) is 42.6 Å². The Balaban J connectivity index is 0.000000425. The molecule has 0 bridgehead atoms. The molecule has 1 aliphatic rings. The zero-order valence-corrected chi connectivity index (χ0v) is 21.0. The minimum Gasteiger partial charge on any atom is -0.497 e. The molecule has 198 valence electrons. The number of pyridine rings is 1. The second-order valence-corrected chi connectivity index (χ2v) is 8.42. The lowest BCUT2D eigenvalue weighted by molar-refractivity contribution is -0.130. The van der Waals surface area contributed by atoms with Gasteiger partial charge in [-0.2, -0.15) is 0 Å². The number of carbonyl (C=O) groups excluding carboxylic acids is 2. The molecule has 5 N–H and O–H groups in total. The number of nitrogens with two attached hydrogens (primary N) is 2. The fourth-order valence-corrected chi connectivity index (χ4v) is 3.76. The van der Waals surface area contributed by atoms with Crippen LogP contribution in [0.3, 0.4) is 0 Å². The van der Waals surface area contributed by atoms with Gasteiger partial charge in [0.15, 0.2) is 0 Å². The van der Waals surface area contributed by atoms with Crippen molar-refractivity contribution in [1.29, 1.82) is 0 Å². The quantitative estimate of drug-likeness (QED) is 0.239. The number of carbonyl (C=O) groups is 2. The Morgan fingerprint density at radius 1 is 1.25 bits per heavy atom. The van der Waals surface area contributed by atoms with E-state index in [1.54, 1.807) is 23.1 Å². The Hall–Kier alpha value is -3.12. The second kappa shape index (κ2) is 15.1. The molecule has 36 heavy (non-hydrogen) atoms. The lowest BCUT2D eigenvalue weighted by atomic mass is 10.0. The van der Waals surface area contributed by atoms with Gasteiger partial charge in [0.2, 0.25) is 0 Å². The van der Waals surface area contributed by atoms with Crippen molar-refractivity contribution in [3.63, 3.8) is 0 Å². The second-order valence-electron chi connectivity index (χ2n) is 8.42. The summed E-state index contributed by atoms with van der Waals surface area (Å²) in [4.78, 5) is 30.1. The molecule has 1 aliphatic heterocycles. The summed E-state index contributed by atoms with van der Waals surface area (Å²) in [6, 6.07) is 9.20. The summed E-state index contributed by atoms with van der Waals surface area (Å²) in [5, 5.41) is 0. The fraction of sp³-hybridized carbons (Fsp3) is 0.480. The minimum atomic E-state index is -0.645. The van der Waals surface area contributed by atoms with Gasteiger partial charge in [0, 0.05) is 37.6 Å². The van der Waals surface area contributed by atoms with Gasteiger partial charge in [-0.15, -0.1) is 0 Å². The first kappa shape index (κ1) is 29.1. The van der Waals surface area contributed by atoms with Crippen molar-refractivity contribution in [1.82, 2.24) is 10.4 Å². The molecule has 1 aromatic carbocycles. The van der Waals surface area contributed by atoms with E-state index in [0.717, 1.165) is 12.8 Å². The average Bonchev–Trinajstić information content (AvgIpc) is 3.21. The molecule has 3 atom stereocenters. The standard InChI is InChI=1S/C18H29N5O4.C7H7FO/c1-12-10-13(2)27-16(12)18(25)23(7-9-26-8-3-5-22-20)14-4-6-21-15(11-14)17(19)24;1-9-7-4-2-3-6(8)5-7/h4,6,11-13,16,22H,3,5,7-10,20H2,1-2H3,(H2,19,24);2-5H,1H3. The van der Waals surface area contributed by atoms with Crippen LogP contribution in [0.4, 0.5) is 10.1 Å². The van der Waals surface area contributed by atoms with E-state index in [4.69, 9.17) is 25.8 Å². The molecule has 1 aromatic heterocycles. The largest absolute Gasteiger partial charge is 0.497 e. The molecular weight excluding hydrogens is 469 g/mol. The van der Waals surface area contributed by atoms with Gasteiger partial charge < -0.3 is 24.8 Å². The highest BCUT2D eigenvalue weighted by Crippen LogP contribution is 2.29. The predicted molar refractivity (Wildman–Crippen MR) is 134 cm³/mol. The first-order valence-corrected chi connectivity index (χ1v) is 11.8. The number of benzene rings is 1. The summed E-state index contributed by atoms with van der Waals surface area (Å²) < 4.78 is 28.4. The van der Waals surface area contributed by atoms with E-state index in [1.807, 2.05) is 13.8 Å². The fourth-order valence-electron chi connectivity index (χ4n) is 3.76. The van der Waals surface area contributed by atoms with Gasteiger partial charge >= 0.3 is 0 Å². The molecule has 3 unspecified atom stereocenters. The number of ether oxygens (including phenoxy) is 3. The van der Waals surface area contributed by atoms with Crippen LogP contribution in [-0.4, -0.2) is 62.4 Å². The van der Waals surface area contributed by atoms with Gasteiger partial charge in [-0.1, -0.05) is 13.0 Å². The number of halogens is 1. The molecule has 1 saturated heterocycles. The van der Waals surface area contributed by atoms with Gasteiger partial charge in [0.25, 0.3) is 11.8 Å². The van der Waals surface area contributed by atoms with Gasteiger partial charge in [-0.25, -0.2) is 4.39 Å². The first-order chi connectivity index (χ1) is 17.3. The van der Waals surface area contributed by atoms with Crippen LogP contribution in [0.25, 0.3) is 0 Å². The summed E-state index contributed by atoms with van der Waals surface area (Å²) in [7, 11) is 1.51. The first-order valence-electron chi connectivity index (χ1n) is 11.8. The number of nitrogens with zero attached hydrogens (tertiary/aromatic N) is 2. The molecular formula is C25H36FN5O5. The minimum absolute atomic E-state index is 0.0365. The zero-order chi connectivity index (χ0) is 26.5. The molecule has 10 nitrogen and oxygen atoms in total. The molecule has 0 saturated carbocycles. The zero-order valence-electron chi connectivity index (χ0n) is 21.0. The highest BCUT2D eigenvalue weighted by molar-refractivity contribution is 5.98. The number of nitrogens with one attached hydrogen (secondary N) is 1. The summed E-state index contributed by atoms with van der Waals surface area (Å²) in [5.74, 6) is 4.82. The predicted octanol–water partition coefficient (Wildman–Crippen LogP) is 2.03. The van der Waals surface area contributed by atoms with Crippen LogP contribution in [0, 0.1) is 11.7 Å². The number of amides is 2. The van der Waals surface area contributed by atoms with Crippen molar-refractivity contribution >= 4 is 17.5 Å². The SMILES string of the molecule is CC1CC(C)C(C(=O)N(CCOCCCNN)c2ccnc(C(N)=O)c2)O1.COc1cccc(F)c1.